The van der Waals surface area contributed by atoms with Crippen molar-refractivity contribution in [3.8, 4) is 0 Å². The van der Waals surface area contributed by atoms with Crippen LogP contribution in [0.25, 0.3) is 0 Å². The number of nitrogens with one attached hydrogen (secondary N) is 1. The van der Waals surface area contributed by atoms with Gasteiger partial charge in [-0.2, -0.15) is 0 Å². The molecule has 0 saturated carbocycles. The largest absolute Gasteiger partial charge is 0.334 e. The first-order valence-corrected chi connectivity index (χ1v) is 6.32. The summed E-state index contributed by atoms with van der Waals surface area (Å²) in [6.45, 7) is 0.0861. The highest BCUT2D eigenvalue weighted by molar-refractivity contribution is 6.03. The molecule has 2 aliphatic heterocycles. The van der Waals surface area contributed by atoms with Crippen LogP contribution in [0, 0.1) is 11.6 Å². The molecule has 110 valence electrons. The van der Waals surface area contributed by atoms with Gasteiger partial charge in [-0.3, -0.25) is 14.5 Å². The minimum Gasteiger partial charge on any atom is -0.334 e. The fourth-order valence-electron chi connectivity index (χ4n) is 2.45. The van der Waals surface area contributed by atoms with Crippen LogP contribution >= 0.6 is 0 Å². The molecule has 0 spiro atoms. The zero-order chi connectivity index (χ0) is 15.1. The van der Waals surface area contributed by atoms with Crippen molar-refractivity contribution in [2.24, 2.45) is 0 Å². The van der Waals surface area contributed by atoms with Crippen molar-refractivity contribution in [3.63, 3.8) is 0 Å². The fourth-order valence-corrected chi connectivity index (χ4v) is 2.45. The summed E-state index contributed by atoms with van der Waals surface area (Å²) in [6, 6.07) is 2.23. The summed E-state index contributed by atoms with van der Waals surface area (Å²) < 4.78 is 27.1. The van der Waals surface area contributed by atoms with E-state index in [9.17, 15) is 23.2 Å². The maximum Gasteiger partial charge on any atom is 0.324 e. The Morgan fingerprint density at radius 3 is 2.33 bits per heavy atom. The van der Waals surface area contributed by atoms with E-state index in [-0.39, 0.29) is 25.5 Å². The minimum absolute atomic E-state index is 0.0643. The zero-order valence-electron chi connectivity index (χ0n) is 10.8. The van der Waals surface area contributed by atoms with Crippen LogP contribution in [0.4, 0.5) is 13.6 Å². The van der Waals surface area contributed by atoms with Gasteiger partial charge in [-0.05, 0) is 12.1 Å². The molecular formula is C13H11F2N3O3. The van der Waals surface area contributed by atoms with E-state index in [4.69, 9.17) is 0 Å². The highest BCUT2D eigenvalue weighted by atomic mass is 19.1. The lowest BCUT2D eigenvalue weighted by molar-refractivity contribution is -0.128. The first kappa shape index (κ1) is 13.5. The molecule has 0 unspecified atom stereocenters. The van der Waals surface area contributed by atoms with Crippen molar-refractivity contribution < 1.29 is 23.2 Å². The molecule has 3 rings (SSSR count). The highest BCUT2D eigenvalue weighted by Gasteiger charge is 2.43. The maximum atomic E-state index is 13.5. The number of urea groups is 1. The van der Waals surface area contributed by atoms with Crippen LogP contribution in [0.3, 0.4) is 0 Å². The second-order valence-electron chi connectivity index (χ2n) is 4.88. The smallest absolute Gasteiger partial charge is 0.324 e. The number of amides is 4. The Bertz CT molecular complexity index is 607. The van der Waals surface area contributed by atoms with Crippen molar-refractivity contribution in [1.82, 2.24) is 15.1 Å². The number of carbonyl (C=O) groups is 3. The summed E-state index contributed by atoms with van der Waals surface area (Å²) in [5, 5.41) is 2.38. The molecule has 2 aliphatic rings. The van der Waals surface area contributed by atoms with E-state index in [1.807, 2.05) is 0 Å². The Morgan fingerprint density at radius 1 is 1.19 bits per heavy atom. The first-order chi connectivity index (χ1) is 9.99. The molecule has 21 heavy (non-hydrogen) atoms. The third-order valence-corrected chi connectivity index (χ3v) is 3.57. The average molecular weight is 295 g/mol. The molecule has 0 atom stereocenters. The normalized spacial score (nSPS) is 18.8. The molecule has 2 saturated heterocycles. The summed E-state index contributed by atoms with van der Waals surface area (Å²) in [6.07, 6.45) is 0. The van der Waals surface area contributed by atoms with Crippen LogP contribution in [0.1, 0.15) is 10.4 Å². The van der Waals surface area contributed by atoms with Gasteiger partial charge in [-0.1, -0.05) is 6.07 Å². The maximum absolute atomic E-state index is 13.5. The summed E-state index contributed by atoms with van der Waals surface area (Å²) in [5.74, 6) is -3.01. The van der Waals surface area contributed by atoms with Gasteiger partial charge in [0.1, 0.15) is 17.2 Å². The number of nitrogens with zero attached hydrogens (tertiary/aromatic N) is 2. The van der Waals surface area contributed by atoms with Crippen molar-refractivity contribution >= 4 is 17.8 Å². The van der Waals surface area contributed by atoms with E-state index in [1.165, 1.54) is 11.0 Å². The van der Waals surface area contributed by atoms with Gasteiger partial charge in [0.05, 0.1) is 12.6 Å². The molecule has 4 amide bonds. The van der Waals surface area contributed by atoms with Crippen LogP contribution in [0.5, 0.6) is 0 Å². The number of carbonyl (C=O) groups excluding carboxylic acids is 3. The molecular weight excluding hydrogens is 284 g/mol. The Kier molecular flexibility index (Phi) is 3.08. The standard InChI is InChI=1S/C13H11F2N3O3/c14-8-2-1-3-9(15)11(8)12(20)17-5-7(6-17)18-10(19)4-16-13(18)21/h1-3,7H,4-6H2,(H,16,21). The zero-order valence-corrected chi connectivity index (χ0v) is 10.8. The Labute approximate surface area is 118 Å². The summed E-state index contributed by atoms with van der Waals surface area (Å²) in [5.41, 5.74) is -0.617. The number of imide groups is 1. The topological polar surface area (TPSA) is 69.7 Å². The van der Waals surface area contributed by atoms with Crippen LogP contribution < -0.4 is 5.32 Å². The molecule has 2 heterocycles. The van der Waals surface area contributed by atoms with Crippen LogP contribution in [0.2, 0.25) is 0 Å². The van der Waals surface area contributed by atoms with Crippen LogP contribution in [-0.4, -0.2) is 53.3 Å². The summed E-state index contributed by atoms with van der Waals surface area (Å²) in [4.78, 5) is 37.2. The fraction of sp³-hybridized carbons (Fsp3) is 0.308. The van der Waals surface area contributed by atoms with Crippen LogP contribution in [0.15, 0.2) is 18.2 Å². The van der Waals surface area contributed by atoms with E-state index < -0.39 is 35.2 Å². The van der Waals surface area contributed by atoms with E-state index >= 15 is 0 Å². The number of halogens is 2. The SMILES string of the molecule is O=C(c1c(F)cccc1F)N1CC(N2C(=O)CNC2=O)C1. The third kappa shape index (κ3) is 2.12. The Morgan fingerprint density at radius 2 is 1.81 bits per heavy atom. The van der Waals surface area contributed by atoms with Crippen molar-refractivity contribution in [1.29, 1.82) is 0 Å². The third-order valence-electron chi connectivity index (χ3n) is 3.57. The van der Waals surface area contributed by atoms with Crippen molar-refractivity contribution in [2.75, 3.05) is 19.6 Å². The molecule has 0 aromatic heterocycles. The lowest BCUT2D eigenvalue weighted by atomic mass is 10.0. The average Bonchev–Trinajstić information content (AvgIpc) is 2.69. The van der Waals surface area contributed by atoms with E-state index in [2.05, 4.69) is 5.32 Å². The number of rotatable bonds is 2. The predicted octanol–water partition coefficient (Wildman–Crippen LogP) is 0.341. The molecule has 6 nitrogen and oxygen atoms in total. The number of hydrogen-bond acceptors (Lipinski definition) is 3. The molecule has 0 aliphatic carbocycles. The first-order valence-electron chi connectivity index (χ1n) is 6.32. The molecule has 1 N–H and O–H groups in total. The van der Waals surface area contributed by atoms with Crippen molar-refractivity contribution in [3.05, 3.63) is 35.4 Å². The van der Waals surface area contributed by atoms with E-state index in [1.54, 1.807) is 0 Å². The number of likely N-dealkylation sites (tertiary alicyclic amines) is 1. The monoisotopic (exact) mass is 295 g/mol. The minimum atomic E-state index is -0.932. The Balaban J connectivity index is 1.70. The van der Waals surface area contributed by atoms with Gasteiger partial charge < -0.3 is 10.2 Å². The van der Waals surface area contributed by atoms with E-state index in [0.29, 0.717) is 0 Å². The Hall–Kier alpha value is -2.51. The second kappa shape index (κ2) is 4.80. The predicted molar refractivity (Wildman–Crippen MR) is 66.3 cm³/mol. The number of hydrogen-bond donors (Lipinski definition) is 1. The van der Waals surface area contributed by atoms with Gasteiger partial charge in [-0.25, -0.2) is 13.6 Å². The molecule has 1 aromatic carbocycles. The summed E-state index contributed by atoms with van der Waals surface area (Å²) in [7, 11) is 0. The van der Waals surface area contributed by atoms with Crippen LogP contribution in [-0.2, 0) is 4.79 Å². The second-order valence-corrected chi connectivity index (χ2v) is 4.88. The van der Waals surface area contributed by atoms with Gasteiger partial charge in [0, 0.05) is 13.1 Å². The summed E-state index contributed by atoms with van der Waals surface area (Å²) >= 11 is 0. The quantitative estimate of drug-likeness (QED) is 0.800. The lowest BCUT2D eigenvalue weighted by Crippen LogP contribution is -2.62. The molecule has 8 heteroatoms. The molecule has 1 aromatic rings. The van der Waals surface area contributed by atoms with E-state index in [0.717, 1.165) is 17.0 Å². The highest BCUT2D eigenvalue weighted by Crippen LogP contribution is 2.22. The molecule has 0 bridgehead atoms. The number of benzene rings is 1. The lowest BCUT2D eigenvalue weighted by Gasteiger charge is -2.42. The van der Waals surface area contributed by atoms with Gasteiger partial charge in [-0.15, -0.1) is 0 Å². The molecule has 0 radical (unpaired) electrons. The van der Waals surface area contributed by atoms with Gasteiger partial charge >= 0.3 is 6.03 Å². The molecule has 2 fully saturated rings. The van der Waals surface area contributed by atoms with Gasteiger partial charge in [0.25, 0.3) is 5.91 Å². The van der Waals surface area contributed by atoms with Gasteiger partial charge in [0.15, 0.2) is 0 Å². The van der Waals surface area contributed by atoms with Gasteiger partial charge in [0.2, 0.25) is 5.91 Å². The van der Waals surface area contributed by atoms with Crippen molar-refractivity contribution in [2.45, 2.75) is 6.04 Å².